The van der Waals surface area contributed by atoms with Gasteiger partial charge in [0.25, 0.3) is 21.6 Å². The van der Waals surface area contributed by atoms with Gasteiger partial charge in [0.1, 0.15) is 5.69 Å². The molecule has 2 fully saturated rings. The Labute approximate surface area is 348 Å². The molecular formula is C43H45ClN6O6S2. The predicted octanol–water partition coefficient (Wildman–Crippen LogP) is 7.64. The number of nitrogens with one attached hydrogen (secondary N) is 2. The number of morpholine rings is 1. The summed E-state index contributed by atoms with van der Waals surface area (Å²) in [5.41, 5.74) is 4.45. The molecule has 0 saturated carbocycles. The summed E-state index contributed by atoms with van der Waals surface area (Å²) in [5, 5.41) is 15.8. The number of carbonyl (C=O) groups is 1. The second-order valence-electron chi connectivity index (χ2n) is 14.1. The molecule has 0 bridgehead atoms. The topological polar surface area (TPSA) is 137 Å². The van der Waals surface area contributed by atoms with Gasteiger partial charge in [-0.05, 0) is 84.3 Å². The number of rotatable bonds is 15. The Morgan fingerprint density at radius 3 is 2.29 bits per heavy atom. The molecule has 0 spiro atoms. The van der Waals surface area contributed by atoms with Crippen LogP contribution in [0.25, 0.3) is 11.1 Å². The number of hydrogen-bond acceptors (Lipinski definition) is 11. The van der Waals surface area contributed by atoms with Crippen LogP contribution in [0.15, 0.2) is 130 Å². The molecule has 0 atom stereocenters. The number of sulfonamides is 1. The van der Waals surface area contributed by atoms with Crippen LogP contribution >= 0.6 is 23.4 Å². The highest BCUT2D eigenvalue weighted by Crippen LogP contribution is 2.35. The highest BCUT2D eigenvalue weighted by Gasteiger charge is 2.26. The Kier molecular flexibility index (Phi) is 13.6. The van der Waals surface area contributed by atoms with Gasteiger partial charge in [0, 0.05) is 78.9 Å². The van der Waals surface area contributed by atoms with E-state index in [1.807, 2.05) is 72.8 Å². The van der Waals surface area contributed by atoms with E-state index in [1.165, 1.54) is 35.0 Å². The fourth-order valence-corrected chi connectivity index (χ4v) is 9.24. The van der Waals surface area contributed by atoms with Gasteiger partial charge >= 0.3 is 0 Å². The van der Waals surface area contributed by atoms with Crippen molar-refractivity contribution >= 4 is 56.4 Å². The van der Waals surface area contributed by atoms with Crippen molar-refractivity contribution < 1.29 is 22.9 Å². The van der Waals surface area contributed by atoms with E-state index < -0.39 is 26.5 Å². The molecule has 2 aliphatic heterocycles. The van der Waals surface area contributed by atoms with Gasteiger partial charge < -0.3 is 15.0 Å². The number of carbonyl (C=O) groups excluding carboxylic acids is 1. The van der Waals surface area contributed by atoms with Crippen LogP contribution in [0.1, 0.15) is 22.3 Å². The fourth-order valence-electron chi connectivity index (χ4n) is 7.14. The molecule has 12 nitrogen and oxygen atoms in total. The molecule has 1 amide bonds. The van der Waals surface area contributed by atoms with Gasteiger partial charge in [-0.3, -0.25) is 24.7 Å². The second kappa shape index (κ2) is 19.2. The lowest BCUT2D eigenvalue weighted by atomic mass is 9.99. The van der Waals surface area contributed by atoms with E-state index in [0.717, 1.165) is 81.0 Å². The van der Waals surface area contributed by atoms with E-state index in [2.05, 4.69) is 42.9 Å². The van der Waals surface area contributed by atoms with E-state index >= 15 is 0 Å². The van der Waals surface area contributed by atoms with Gasteiger partial charge in [0.05, 0.1) is 28.6 Å². The van der Waals surface area contributed by atoms with Gasteiger partial charge in [0.2, 0.25) is 0 Å². The van der Waals surface area contributed by atoms with E-state index in [9.17, 15) is 23.3 Å². The average Bonchev–Trinajstić information content (AvgIpc) is 3.24. The SMILES string of the molecule is O=C(NS(=O)(=O)c1ccc(NCCCN2CCOCC2)c([N+](=O)[O-])c1)c1ccc(N2CCN(Cc3ccccc3-c3ccc(Cl)cc3)CC2)cc1Sc1ccccc1. The van der Waals surface area contributed by atoms with Gasteiger partial charge in [-0.1, -0.05) is 78.0 Å². The quantitative estimate of drug-likeness (QED) is 0.0612. The minimum Gasteiger partial charge on any atom is -0.379 e. The normalized spacial score (nSPS) is 15.2. The number of hydrogen-bond donors (Lipinski definition) is 2. The highest BCUT2D eigenvalue weighted by atomic mass is 35.5. The van der Waals surface area contributed by atoms with Crippen LogP contribution in [0.3, 0.4) is 0 Å². The molecule has 2 saturated heterocycles. The van der Waals surface area contributed by atoms with Gasteiger partial charge in [-0.25, -0.2) is 13.1 Å². The zero-order valence-corrected chi connectivity index (χ0v) is 34.3. The minimum atomic E-state index is -4.48. The van der Waals surface area contributed by atoms with Crippen LogP contribution in [0, 0.1) is 10.1 Å². The first kappa shape index (κ1) is 41.2. The van der Waals surface area contributed by atoms with Crippen molar-refractivity contribution in [2.24, 2.45) is 0 Å². The third kappa shape index (κ3) is 10.6. The molecule has 0 radical (unpaired) electrons. The third-order valence-electron chi connectivity index (χ3n) is 10.3. The van der Waals surface area contributed by atoms with Gasteiger partial charge in [0.15, 0.2) is 0 Å². The summed E-state index contributed by atoms with van der Waals surface area (Å²) < 4.78 is 34.7. The number of piperazine rings is 1. The largest absolute Gasteiger partial charge is 0.379 e. The first-order chi connectivity index (χ1) is 28.1. The summed E-state index contributed by atoms with van der Waals surface area (Å²) in [6.45, 7) is 8.31. The molecule has 5 aromatic rings. The zero-order chi connectivity index (χ0) is 40.5. The van der Waals surface area contributed by atoms with E-state index in [4.69, 9.17) is 16.3 Å². The molecule has 0 aliphatic carbocycles. The molecule has 58 heavy (non-hydrogen) atoms. The Hall–Kier alpha value is -4.96. The molecule has 5 aromatic carbocycles. The predicted molar refractivity (Wildman–Crippen MR) is 229 cm³/mol. The number of benzene rings is 5. The molecular weight excluding hydrogens is 796 g/mol. The maximum atomic E-state index is 13.8. The van der Waals surface area contributed by atoms with Crippen molar-refractivity contribution in [3.8, 4) is 11.1 Å². The first-order valence-electron chi connectivity index (χ1n) is 19.2. The lowest BCUT2D eigenvalue weighted by Crippen LogP contribution is -2.46. The van der Waals surface area contributed by atoms with Gasteiger partial charge in [-0.15, -0.1) is 0 Å². The number of amides is 1. The highest BCUT2D eigenvalue weighted by molar-refractivity contribution is 7.99. The molecule has 2 N–H and O–H groups in total. The number of nitro benzene ring substituents is 1. The van der Waals surface area contributed by atoms with Gasteiger partial charge in [-0.2, -0.15) is 0 Å². The Morgan fingerprint density at radius 2 is 1.55 bits per heavy atom. The fraction of sp³-hybridized carbons (Fsp3) is 0.279. The summed E-state index contributed by atoms with van der Waals surface area (Å²) in [5.74, 6) is -0.831. The van der Waals surface area contributed by atoms with Crippen molar-refractivity contribution in [3.05, 3.63) is 142 Å². The molecule has 15 heteroatoms. The smallest absolute Gasteiger partial charge is 0.293 e. The van der Waals surface area contributed by atoms with Crippen molar-refractivity contribution in [1.29, 1.82) is 0 Å². The maximum absolute atomic E-state index is 13.8. The van der Waals surface area contributed by atoms with E-state index in [-0.39, 0.29) is 16.1 Å². The molecule has 2 heterocycles. The number of ether oxygens (including phenoxy) is 1. The van der Waals surface area contributed by atoms with Crippen LogP contribution in [0.4, 0.5) is 17.1 Å². The number of halogens is 1. The Bertz CT molecular complexity index is 2320. The molecule has 0 unspecified atom stereocenters. The zero-order valence-electron chi connectivity index (χ0n) is 31.9. The molecule has 0 aromatic heterocycles. The molecule has 302 valence electrons. The van der Waals surface area contributed by atoms with E-state index in [1.54, 1.807) is 6.07 Å². The third-order valence-corrected chi connectivity index (χ3v) is 12.9. The summed E-state index contributed by atoms with van der Waals surface area (Å²) in [4.78, 5) is 33.2. The second-order valence-corrected chi connectivity index (χ2v) is 17.4. The van der Waals surface area contributed by atoms with Crippen LogP contribution < -0.4 is 14.9 Å². The van der Waals surface area contributed by atoms with E-state index in [0.29, 0.717) is 29.7 Å². The van der Waals surface area contributed by atoms with Crippen molar-refractivity contribution in [1.82, 2.24) is 14.5 Å². The number of anilines is 2. The van der Waals surface area contributed by atoms with Crippen molar-refractivity contribution in [2.45, 2.75) is 27.7 Å². The summed E-state index contributed by atoms with van der Waals surface area (Å²) in [6, 6.07) is 34.9. The van der Waals surface area contributed by atoms with Crippen LogP contribution in [0.5, 0.6) is 0 Å². The average molecular weight is 841 g/mol. The first-order valence-corrected chi connectivity index (χ1v) is 21.9. The maximum Gasteiger partial charge on any atom is 0.293 e. The molecule has 7 rings (SSSR count). The van der Waals surface area contributed by atoms with Crippen LogP contribution in [-0.4, -0.2) is 94.6 Å². The minimum absolute atomic E-state index is 0.173. The Morgan fingerprint density at radius 1 is 0.828 bits per heavy atom. The van der Waals surface area contributed by atoms with Crippen LogP contribution in [-0.2, 0) is 21.3 Å². The molecule has 2 aliphatic rings. The number of nitro groups is 1. The summed E-state index contributed by atoms with van der Waals surface area (Å²) >= 11 is 7.51. The monoisotopic (exact) mass is 840 g/mol. The van der Waals surface area contributed by atoms with Crippen molar-refractivity contribution in [2.75, 3.05) is 75.8 Å². The lowest BCUT2D eigenvalue weighted by Gasteiger charge is -2.36. The van der Waals surface area contributed by atoms with Crippen LogP contribution in [0.2, 0.25) is 5.02 Å². The standard InChI is InChI=1S/C43H45ClN6O6S2/c44-34-13-11-32(12-14-34)38-10-5-4-7-33(38)31-48-21-23-49(24-22-48)35-15-17-39(42(29-35)57-36-8-2-1-3-9-36)43(51)46-58(54,55)37-16-18-40(41(30-37)50(52)53)45-19-6-20-47-25-27-56-28-26-47/h1-5,7-18,29-30,45H,6,19-28,31H2,(H,46,51). The Balaban J connectivity index is 1.03. The van der Waals surface area contributed by atoms with Crippen molar-refractivity contribution in [3.63, 3.8) is 0 Å². The summed E-state index contributed by atoms with van der Waals surface area (Å²) in [6.07, 6.45) is 0.742. The number of nitrogens with zero attached hydrogens (tertiary/aromatic N) is 4. The summed E-state index contributed by atoms with van der Waals surface area (Å²) in [7, 11) is -4.48. The lowest BCUT2D eigenvalue weighted by molar-refractivity contribution is -0.384.